The maximum absolute atomic E-state index is 13.9. The van der Waals surface area contributed by atoms with Crippen LogP contribution in [0.15, 0.2) is 176 Å². The number of nitrogens with zero attached hydrogens (tertiary/aromatic N) is 14. The zero-order valence-electron chi connectivity index (χ0n) is 68.0. The molecule has 27 heteroatoms. The molecule has 3 amide bonds. The van der Waals surface area contributed by atoms with E-state index in [9.17, 15) is 44.1 Å². The lowest BCUT2D eigenvalue weighted by Gasteiger charge is -2.30. The number of likely N-dealkylation sites (tertiary alicyclic amines) is 3. The van der Waals surface area contributed by atoms with Crippen molar-refractivity contribution in [1.29, 1.82) is 0 Å². The molecular formula is C89H105N15O10S2. The number of H-pyrrole nitrogens is 1. The van der Waals surface area contributed by atoms with Crippen molar-refractivity contribution < 1.29 is 48.8 Å². The van der Waals surface area contributed by atoms with Gasteiger partial charge in [-0.15, -0.1) is 22.7 Å². The molecule has 116 heavy (non-hydrogen) atoms. The van der Waals surface area contributed by atoms with E-state index in [1.165, 1.54) is 0 Å². The molecule has 0 spiro atoms. The highest BCUT2D eigenvalue weighted by molar-refractivity contribution is 7.13. The molecule has 25 nitrogen and oxygen atoms in total. The molecule has 3 aliphatic heterocycles. The second kappa shape index (κ2) is 37.8. The number of aliphatic hydroxyl groups excluding tert-OH is 3. The fraction of sp³-hybridized carbons (Fsp3) is 0.416. The lowest BCUT2D eigenvalue weighted by molar-refractivity contribution is -0.142. The highest BCUT2D eigenvalue weighted by Crippen LogP contribution is 2.38. The first-order valence-corrected chi connectivity index (χ1v) is 41.5. The molecule has 4 N–H and O–H groups in total. The maximum Gasteiger partial charge on any atom is 0.248 e. The number of methoxy groups -OCH3 is 1. The topological polar surface area (TPSA) is 316 Å². The third kappa shape index (κ3) is 19.6. The standard InChI is InChI=1S/C31H36N6O3.C31H35N5O3S.C27H34N4O4S/c1-19(2)30(37-16-25(15-35-37)24-6-5-11-32-14-24)31(40)36-17-26(38)13-27(36)28(39)12-20(3)22-7-9-23(10-8-22)29-21(4)33-18-34-29;1-19(2)29(36-16-25(15-34-36)23-9-11-32-12-10-23)31(39)35-17-26(37)14-27(35)28(38)13-20(3)22-5-7-24(8-6-22)30-21(4)33-18-40-30;1-16(2)25(31-14-22(35-5)12-29-31)27(34)30-13-21(32)11-23(30)24(33)10-17(3)19-6-8-20(9-7-19)26-18(4)28-15-36-26/h5-11,14-16,18-20,26-27,30,38H,12-13,17H2,1-4H3,(H,33,34);5-12,15-16,18-20,26-27,29,37H,13-14,17H2,1-4H3;6-9,12,14-17,21,23,25,32H,10-11,13H2,1-5H3/t20-,26-,27+,30+;20-,26-,27+,29+;17-,21-,23+,25+/m111/s1. The summed E-state index contributed by atoms with van der Waals surface area (Å²) in [6.07, 6.45) is 18.4. The number of carbonyl (C=O) groups excluding carboxylic acids is 6. The van der Waals surface area contributed by atoms with E-state index in [-0.39, 0.29) is 116 Å². The van der Waals surface area contributed by atoms with Gasteiger partial charge in [-0.2, -0.15) is 15.3 Å². The van der Waals surface area contributed by atoms with Crippen LogP contribution >= 0.6 is 22.7 Å². The molecule has 12 atom stereocenters. The summed E-state index contributed by atoms with van der Waals surface area (Å²) < 4.78 is 10.2. The Morgan fingerprint density at radius 3 is 1.18 bits per heavy atom. The number of pyridine rings is 2. The minimum atomic E-state index is -0.735. The van der Waals surface area contributed by atoms with Crippen molar-refractivity contribution in [1.82, 2.24) is 73.9 Å². The average molecular weight is 1610 g/mol. The van der Waals surface area contributed by atoms with Gasteiger partial charge in [-0.1, -0.05) is 141 Å². The van der Waals surface area contributed by atoms with Crippen molar-refractivity contribution in [3.63, 3.8) is 0 Å². The summed E-state index contributed by atoms with van der Waals surface area (Å²) in [7, 11) is 1.55. The van der Waals surface area contributed by atoms with Crippen LogP contribution < -0.4 is 4.74 Å². The van der Waals surface area contributed by atoms with E-state index in [1.807, 2.05) is 155 Å². The number of hydrogen-bond acceptors (Lipinski definition) is 20. The van der Waals surface area contributed by atoms with Crippen LogP contribution in [-0.4, -0.2) is 188 Å². The first kappa shape index (κ1) is 84.6. The van der Waals surface area contributed by atoms with Crippen molar-refractivity contribution >= 4 is 57.7 Å². The fourth-order valence-electron chi connectivity index (χ4n) is 16.0. The van der Waals surface area contributed by atoms with E-state index in [1.54, 1.807) is 114 Å². The molecule has 3 aliphatic rings. The number of β-amino-alcohol motifs (C(OH)–C–C–N with tert-alkyl or cyclic N) is 3. The zero-order valence-corrected chi connectivity index (χ0v) is 69.7. The van der Waals surface area contributed by atoms with E-state index in [0.717, 1.165) is 88.2 Å². The molecule has 0 unspecified atom stereocenters. The van der Waals surface area contributed by atoms with Gasteiger partial charge in [-0.05, 0) is 108 Å². The summed E-state index contributed by atoms with van der Waals surface area (Å²) in [5.41, 5.74) is 17.7. The number of amides is 3. The van der Waals surface area contributed by atoms with Crippen molar-refractivity contribution in [3.05, 3.63) is 210 Å². The number of benzene rings is 3. The Morgan fingerprint density at radius 2 is 0.836 bits per heavy atom. The summed E-state index contributed by atoms with van der Waals surface area (Å²) in [5, 5.41) is 44.8. The molecule has 0 aliphatic carbocycles. The lowest BCUT2D eigenvalue weighted by Crippen LogP contribution is -2.45. The fourth-order valence-corrected chi connectivity index (χ4v) is 17.6. The van der Waals surface area contributed by atoms with Gasteiger partial charge in [0.05, 0.1) is 113 Å². The van der Waals surface area contributed by atoms with E-state index >= 15 is 0 Å². The van der Waals surface area contributed by atoms with Crippen LogP contribution in [0, 0.1) is 38.5 Å². The Balaban J connectivity index is 0.000000161. The molecule has 608 valence electrons. The van der Waals surface area contributed by atoms with Crippen LogP contribution in [0.1, 0.15) is 170 Å². The minimum Gasteiger partial charge on any atom is -0.493 e. The van der Waals surface area contributed by atoms with Crippen LogP contribution in [-0.2, 0) is 28.8 Å². The van der Waals surface area contributed by atoms with Crippen molar-refractivity contribution in [2.24, 2.45) is 17.8 Å². The third-order valence-corrected chi connectivity index (χ3v) is 24.4. The van der Waals surface area contributed by atoms with Gasteiger partial charge in [0.25, 0.3) is 0 Å². The number of aromatic nitrogens is 12. The van der Waals surface area contributed by atoms with Crippen LogP contribution in [0.3, 0.4) is 0 Å². The molecule has 0 radical (unpaired) electrons. The van der Waals surface area contributed by atoms with Crippen LogP contribution in [0.25, 0.3) is 54.4 Å². The van der Waals surface area contributed by atoms with Crippen LogP contribution in [0.5, 0.6) is 5.75 Å². The van der Waals surface area contributed by atoms with E-state index in [0.29, 0.717) is 18.6 Å². The maximum atomic E-state index is 13.9. The number of ether oxygens (including phenoxy) is 1. The lowest BCUT2D eigenvalue weighted by atomic mass is 9.91. The molecule has 11 aromatic rings. The Kier molecular flexibility index (Phi) is 27.6. The number of carbonyl (C=O) groups is 6. The summed E-state index contributed by atoms with van der Waals surface area (Å²) in [6.45, 7) is 24.2. The smallest absolute Gasteiger partial charge is 0.248 e. The Morgan fingerprint density at radius 1 is 0.448 bits per heavy atom. The SMILES string of the molecule is COc1cnn([C@H](C(=O)N2C[C@H](O)C[C@H]2C(=O)C[C@@H](C)c2ccc(-c3scnc3C)cc2)C(C)C)c1.Cc1[nH]cnc1-c1ccc([C@H](C)CC(=O)[C@@H]2C[C@@H](O)CN2C(=O)[C@H](C(C)C)n2cc(-c3cccnc3)cn2)cc1.Cc1ncsc1-c1ccc([C@H](C)CC(=O)[C@@H]2C[C@@H](O)CN2C(=O)[C@H](C(C)C)n2cc(-c3ccncc3)cn2)cc1. The van der Waals surface area contributed by atoms with Gasteiger partial charge in [0.2, 0.25) is 17.7 Å². The van der Waals surface area contributed by atoms with Gasteiger partial charge < -0.3 is 39.7 Å². The van der Waals surface area contributed by atoms with Crippen LogP contribution in [0.2, 0.25) is 0 Å². The van der Waals surface area contributed by atoms with E-state index in [2.05, 4.69) is 93.7 Å². The highest BCUT2D eigenvalue weighted by Gasteiger charge is 2.46. The highest BCUT2D eigenvalue weighted by atomic mass is 32.1. The minimum absolute atomic E-state index is 0.0138. The molecule has 3 fully saturated rings. The predicted molar refractivity (Wildman–Crippen MR) is 447 cm³/mol. The summed E-state index contributed by atoms with van der Waals surface area (Å²) in [6, 6.07) is 28.5. The van der Waals surface area contributed by atoms with E-state index in [4.69, 9.17) is 4.74 Å². The number of ketones is 3. The predicted octanol–water partition coefficient (Wildman–Crippen LogP) is 14.1. The van der Waals surface area contributed by atoms with Crippen LogP contribution in [0.4, 0.5) is 0 Å². The zero-order chi connectivity index (χ0) is 82.8. The Bertz CT molecular complexity index is 4910. The molecular weight excluding hydrogens is 1500 g/mol. The second-order valence-corrected chi connectivity index (χ2v) is 33.7. The number of aliphatic hydroxyl groups is 3. The molecule has 14 rings (SSSR count). The van der Waals surface area contributed by atoms with Crippen molar-refractivity contribution in [2.75, 3.05) is 26.7 Å². The molecule has 0 bridgehead atoms. The van der Waals surface area contributed by atoms with E-state index < -0.39 is 54.6 Å². The van der Waals surface area contributed by atoms with Crippen molar-refractivity contribution in [3.8, 4) is 60.1 Å². The number of aryl methyl sites for hydroxylation is 3. The van der Waals surface area contributed by atoms with Gasteiger partial charge in [0.15, 0.2) is 23.1 Å². The normalized spacial score (nSPS) is 18.9. The molecule has 11 heterocycles. The number of hydrogen-bond donors (Lipinski definition) is 4. The van der Waals surface area contributed by atoms with Gasteiger partial charge in [0, 0.05) is 123 Å². The van der Waals surface area contributed by atoms with Gasteiger partial charge >= 0.3 is 0 Å². The number of nitrogens with one attached hydrogen (secondary N) is 1. The number of thiazole rings is 2. The molecule has 3 saturated heterocycles. The number of aromatic amines is 1. The van der Waals surface area contributed by atoms with Gasteiger partial charge in [-0.25, -0.2) is 15.0 Å². The van der Waals surface area contributed by atoms with Crippen molar-refractivity contribution in [2.45, 2.75) is 194 Å². The number of imidazole rings is 1. The monoisotopic (exact) mass is 1610 g/mol. The Labute approximate surface area is 685 Å². The summed E-state index contributed by atoms with van der Waals surface area (Å²) in [5.74, 6) is -0.392. The second-order valence-electron chi connectivity index (χ2n) is 32.0. The van der Waals surface area contributed by atoms with Gasteiger partial charge in [-0.3, -0.25) is 52.8 Å². The molecule has 3 aromatic carbocycles. The number of Topliss-reactive ketones (excluding diaryl/α,β-unsaturated/α-hetero) is 3. The summed E-state index contributed by atoms with van der Waals surface area (Å²) in [4.78, 5) is 113. The molecule has 8 aromatic heterocycles. The average Bonchev–Trinajstić information content (AvgIpc) is 1.64. The Hall–Kier alpha value is -10.8. The first-order chi connectivity index (χ1) is 55.6. The van der Waals surface area contributed by atoms with Gasteiger partial charge in [0.1, 0.15) is 18.1 Å². The largest absolute Gasteiger partial charge is 0.493 e. The first-order valence-electron chi connectivity index (χ1n) is 39.8. The molecule has 0 saturated carbocycles. The summed E-state index contributed by atoms with van der Waals surface area (Å²) >= 11 is 3.23. The number of rotatable bonds is 27. The third-order valence-electron chi connectivity index (χ3n) is 22.4. The quantitative estimate of drug-likeness (QED) is 0.0372.